The molecule has 0 fully saturated rings. The average molecular weight is 349 g/mol. The Balaban J connectivity index is 1.55. The van der Waals surface area contributed by atoms with Gasteiger partial charge in [0.25, 0.3) is 5.91 Å². The highest BCUT2D eigenvalue weighted by molar-refractivity contribution is 7.99. The highest BCUT2D eigenvalue weighted by atomic mass is 32.2. The largest absolute Gasteiger partial charge is 0.344 e. The van der Waals surface area contributed by atoms with Gasteiger partial charge < -0.3 is 5.32 Å². The number of carbonyl (C=O) groups excluding carboxylic acids is 1. The van der Waals surface area contributed by atoms with Gasteiger partial charge in [-0.05, 0) is 17.2 Å². The maximum atomic E-state index is 12.9. The predicted octanol–water partition coefficient (Wildman–Crippen LogP) is 3.59. The summed E-state index contributed by atoms with van der Waals surface area (Å²) in [5.74, 6) is 0.820. The van der Waals surface area contributed by atoms with E-state index in [1.165, 1.54) is 16.0 Å². The molecule has 1 aliphatic rings. The molecule has 0 saturated heterocycles. The van der Waals surface area contributed by atoms with Crippen molar-refractivity contribution in [2.45, 2.75) is 17.4 Å². The van der Waals surface area contributed by atoms with E-state index in [1.54, 1.807) is 22.6 Å². The number of rotatable bonds is 4. The molecule has 2 heterocycles. The first-order chi connectivity index (χ1) is 12.2. The average Bonchev–Trinajstić information content (AvgIpc) is 3.20. The lowest BCUT2D eigenvalue weighted by molar-refractivity contribution is 0.0940. The predicted molar refractivity (Wildman–Crippen MR) is 99.8 cm³/mol. The van der Waals surface area contributed by atoms with E-state index in [0.717, 1.165) is 11.4 Å². The van der Waals surface area contributed by atoms with Gasteiger partial charge in [-0.25, -0.2) is 0 Å². The van der Waals surface area contributed by atoms with Gasteiger partial charge in [0.2, 0.25) is 0 Å². The highest BCUT2D eigenvalue weighted by Gasteiger charge is 2.26. The lowest BCUT2D eigenvalue weighted by Crippen LogP contribution is -2.29. The molecule has 4 nitrogen and oxygen atoms in total. The number of carbonyl (C=O) groups is 1. The minimum absolute atomic E-state index is 0.0541. The summed E-state index contributed by atoms with van der Waals surface area (Å²) in [5.41, 5.74) is 3.96. The van der Waals surface area contributed by atoms with Gasteiger partial charge in [0.1, 0.15) is 0 Å². The number of aromatic nitrogens is 2. The zero-order valence-electron chi connectivity index (χ0n) is 14.0. The Labute approximate surface area is 151 Å². The Morgan fingerprint density at radius 1 is 1.20 bits per heavy atom. The lowest BCUT2D eigenvalue weighted by atomic mass is 10.1. The Hall–Kier alpha value is -2.53. The molecule has 0 saturated carbocycles. The molecule has 0 spiro atoms. The normalized spacial score (nSPS) is 15.8. The number of nitrogens with zero attached hydrogens (tertiary/aromatic N) is 2. The van der Waals surface area contributed by atoms with Gasteiger partial charge in [-0.1, -0.05) is 48.5 Å². The van der Waals surface area contributed by atoms with Crippen LogP contribution in [0.25, 0.3) is 0 Å². The van der Waals surface area contributed by atoms with Gasteiger partial charge >= 0.3 is 0 Å². The van der Waals surface area contributed by atoms with Gasteiger partial charge in [-0.2, -0.15) is 5.10 Å². The van der Waals surface area contributed by atoms with Crippen molar-refractivity contribution >= 4 is 17.7 Å². The number of benzene rings is 2. The Morgan fingerprint density at radius 3 is 2.80 bits per heavy atom. The van der Waals surface area contributed by atoms with Crippen molar-refractivity contribution in [3.63, 3.8) is 0 Å². The molecule has 1 unspecified atom stereocenters. The second kappa shape index (κ2) is 6.76. The van der Waals surface area contributed by atoms with Crippen molar-refractivity contribution in [1.82, 2.24) is 15.1 Å². The molecule has 3 aromatic rings. The van der Waals surface area contributed by atoms with Crippen LogP contribution in [-0.4, -0.2) is 21.4 Å². The van der Waals surface area contributed by atoms with E-state index >= 15 is 0 Å². The molecule has 1 aromatic heterocycles. The Kier molecular flexibility index (Phi) is 4.32. The van der Waals surface area contributed by atoms with Gasteiger partial charge in [-0.15, -0.1) is 11.8 Å². The van der Waals surface area contributed by atoms with E-state index in [2.05, 4.69) is 34.7 Å². The summed E-state index contributed by atoms with van der Waals surface area (Å²) < 4.78 is 1.79. The standard InChI is InChI=1S/C20H19N3OS/c1-23-18(11-14-7-3-2-4-8-14)16(12-21-23)20(24)22-17-13-25-19-10-6-5-9-15(17)19/h2-10,12,17H,11,13H2,1H3,(H,22,24). The molecular weight excluding hydrogens is 330 g/mol. The molecule has 1 N–H and O–H groups in total. The number of hydrogen-bond donors (Lipinski definition) is 1. The second-order valence-corrected chi connectivity index (χ2v) is 7.23. The van der Waals surface area contributed by atoms with E-state index < -0.39 is 0 Å². The molecule has 0 radical (unpaired) electrons. The number of aryl methyl sites for hydroxylation is 1. The zero-order valence-corrected chi connectivity index (χ0v) is 14.8. The van der Waals surface area contributed by atoms with E-state index in [0.29, 0.717) is 12.0 Å². The monoisotopic (exact) mass is 349 g/mol. The molecule has 4 rings (SSSR count). The molecule has 1 amide bonds. The van der Waals surface area contributed by atoms with Crippen LogP contribution in [0.15, 0.2) is 65.7 Å². The summed E-state index contributed by atoms with van der Waals surface area (Å²) in [7, 11) is 1.88. The number of amides is 1. The maximum Gasteiger partial charge on any atom is 0.255 e. The summed E-state index contributed by atoms with van der Waals surface area (Å²) in [6, 6.07) is 18.5. The van der Waals surface area contributed by atoms with Crippen LogP contribution in [0.2, 0.25) is 0 Å². The number of thioether (sulfide) groups is 1. The van der Waals surface area contributed by atoms with E-state index in [-0.39, 0.29) is 11.9 Å². The lowest BCUT2D eigenvalue weighted by Gasteiger charge is -2.14. The van der Waals surface area contributed by atoms with E-state index in [1.807, 2.05) is 37.4 Å². The first-order valence-electron chi connectivity index (χ1n) is 8.30. The van der Waals surface area contributed by atoms with Crippen LogP contribution < -0.4 is 5.32 Å². The molecule has 1 aliphatic heterocycles. The van der Waals surface area contributed by atoms with Gasteiger partial charge in [-0.3, -0.25) is 9.48 Å². The van der Waals surface area contributed by atoms with Crippen molar-refractivity contribution in [3.05, 3.63) is 83.2 Å². The van der Waals surface area contributed by atoms with Crippen LogP contribution in [0.3, 0.4) is 0 Å². The first-order valence-corrected chi connectivity index (χ1v) is 9.28. The van der Waals surface area contributed by atoms with Crippen LogP contribution in [0, 0.1) is 0 Å². The fourth-order valence-electron chi connectivity index (χ4n) is 3.17. The number of hydrogen-bond acceptors (Lipinski definition) is 3. The molecule has 1 atom stereocenters. The molecule has 0 aliphatic carbocycles. The summed E-state index contributed by atoms with van der Waals surface area (Å²) in [4.78, 5) is 14.1. The van der Waals surface area contributed by atoms with Crippen LogP contribution in [0.4, 0.5) is 0 Å². The fourth-order valence-corrected chi connectivity index (χ4v) is 4.33. The summed E-state index contributed by atoms with van der Waals surface area (Å²) >= 11 is 1.79. The van der Waals surface area contributed by atoms with Crippen LogP contribution in [0.1, 0.15) is 33.2 Å². The van der Waals surface area contributed by atoms with Crippen molar-refractivity contribution in [2.75, 3.05) is 5.75 Å². The number of nitrogens with one attached hydrogen (secondary N) is 1. The maximum absolute atomic E-state index is 12.9. The van der Waals surface area contributed by atoms with E-state index in [4.69, 9.17) is 0 Å². The third-order valence-electron chi connectivity index (χ3n) is 4.53. The summed E-state index contributed by atoms with van der Waals surface area (Å²) in [6.07, 6.45) is 2.36. The quantitative estimate of drug-likeness (QED) is 0.783. The van der Waals surface area contributed by atoms with Crippen molar-refractivity contribution in [1.29, 1.82) is 0 Å². The fraction of sp³-hybridized carbons (Fsp3) is 0.200. The SMILES string of the molecule is Cn1ncc(C(=O)NC2CSc3ccccc32)c1Cc1ccccc1. The van der Waals surface area contributed by atoms with Crippen molar-refractivity contribution in [3.8, 4) is 0 Å². The summed E-state index contributed by atoms with van der Waals surface area (Å²) in [5, 5.41) is 7.48. The zero-order chi connectivity index (χ0) is 17.2. The van der Waals surface area contributed by atoms with Crippen LogP contribution in [-0.2, 0) is 13.5 Å². The molecule has 2 aromatic carbocycles. The van der Waals surface area contributed by atoms with Gasteiger partial charge in [0.05, 0.1) is 23.5 Å². The minimum atomic E-state index is -0.0543. The van der Waals surface area contributed by atoms with Crippen molar-refractivity contribution in [2.24, 2.45) is 7.05 Å². The van der Waals surface area contributed by atoms with E-state index in [9.17, 15) is 4.79 Å². The Morgan fingerprint density at radius 2 is 1.96 bits per heavy atom. The molecule has 0 bridgehead atoms. The summed E-state index contributed by atoms with van der Waals surface area (Å²) in [6.45, 7) is 0. The van der Waals surface area contributed by atoms with Gasteiger partial charge in [0, 0.05) is 24.1 Å². The first kappa shape index (κ1) is 16.0. The third kappa shape index (κ3) is 3.20. The van der Waals surface area contributed by atoms with Gasteiger partial charge in [0.15, 0.2) is 0 Å². The second-order valence-electron chi connectivity index (χ2n) is 6.17. The molecule has 126 valence electrons. The number of fused-ring (bicyclic) bond motifs is 1. The van der Waals surface area contributed by atoms with Crippen LogP contribution in [0.5, 0.6) is 0 Å². The Bertz CT molecular complexity index is 904. The highest BCUT2D eigenvalue weighted by Crippen LogP contribution is 2.37. The molecular formula is C20H19N3OS. The molecule has 25 heavy (non-hydrogen) atoms. The van der Waals surface area contributed by atoms with Crippen LogP contribution >= 0.6 is 11.8 Å². The minimum Gasteiger partial charge on any atom is -0.344 e. The smallest absolute Gasteiger partial charge is 0.255 e. The van der Waals surface area contributed by atoms with Crippen molar-refractivity contribution < 1.29 is 4.79 Å². The third-order valence-corrected chi connectivity index (χ3v) is 5.71. The molecule has 5 heteroatoms. The topological polar surface area (TPSA) is 46.9 Å².